The lowest BCUT2D eigenvalue weighted by molar-refractivity contribution is 0.373. The number of ether oxygens (including phenoxy) is 2. The van der Waals surface area contributed by atoms with Crippen molar-refractivity contribution in [3.8, 4) is 23.0 Å². The molecule has 0 aliphatic rings. The number of hydrogen-bond donors (Lipinski definition) is 2. The van der Waals surface area contributed by atoms with Gasteiger partial charge in [0.05, 0.1) is 14.2 Å². The van der Waals surface area contributed by atoms with E-state index in [1.807, 2.05) is 0 Å². The average molecular weight is 440 g/mol. The van der Waals surface area contributed by atoms with Crippen LogP contribution < -0.4 is 9.47 Å². The van der Waals surface area contributed by atoms with Gasteiger partial charge >= 0.3 is 0 Å². The first-order valence-electron chi connectivity index (χ1n) is 8.11. The van der Waals surface area contributed by atoms with E-state index in [-0.39, 0.29) is 23.0 Å². The van der Waals surface area contributed by atoms with Gasteiger partial charge in [-0.25, -0.2) is 16.8 Å². The molecule has 0 aliphatic carbocycles. The number of methoxy groups -OCH3 is 2. The van der Waals surface area contributed by atoms with Crippen molar-refractivity contribution in [2.45, 2.75) is 0 Å². The van der Waals surface area contributed by atoms with Crippen molar-refractivity contribution in [2.24, 2.45) is 0 Å². The number of hydrogen-bond acceptors (Lipinski definition) is 8. The minimum absolute atomic E-state index is 0.105. The highest BCUT2D eigenvalue weighted by Gasteiger charge is 2.17. The van der Waals surface area contributed by atoms with Crippen LogP contribution in [0.15, 0.2) is 47.2 Å². The highest BCUT2D eigenvalue weighted by molar-refractivity contribution is 8.10. The van der Waals surface area contributed by atoms with E-state index in [9.17, 15) is 27.0 Å². The fourth-order valence-corrected chi connectivity index (χ4v) is 5.46. The lowest BCUT2D eigenvalue weighted by atomic mass is 10.2. The molecule has 0 heterocycles. The van der Waals surface area contributed by atoms with Gasteiger partial charge in [-0.15, -0.1) is 0 Å². The van der Waals surface area contributed by atoms with Gasteiger partial charge in [-0.3, -0.25) is 0 Å². The van der Waals surface area contributed by atoms with E-state index in [4.69, 9.17) is 9.47 Å². The minimum Gasteiger partial charge on any atom is -0.504 e. The van der Waals surface area contributed by atoms with Crippen molar-refractivity contribution in [3.05, 3.63) is 58.3 Å². The fraction of sp³-hybridized carbons (Fsp3) is 0.158. The molecule has 8 nitrogen and oxygen atoms in total. The van der Waals surface area contributed by atoms with Crippen LogP contribution in [0.1, 0.15) is 11.1 Å². The number of aromatic hydroxyl groups is 2. The summed E-state index contributed by atoms with van der Waals surface area (Å²) >= 11 is 0. The van der Waals surface area contributed by atoms with Crippen LogP contribution in [0.5, 0.6) is 23.0 Å². The van der Waals surface area contributed by atoms with Crippen LogP contribution in [0.25, 0.3) is 12.2 Å². The van der Waals surface area contributed by atoms with Gasteiger partial charge in [0.1, 0.15) is 0 Å². The Morgan fingerprint density at radius 2 is 1.14 bits per heavy atom. The molecule has 0 fully saturated rings. The Balaban J connectivity index is 2.15. The van der Waals surface area contributed by atoms with Gasteiger partial charge in [-0.1, -0.05) is 12.1 Å². The van der Waals surface area contributed by atoms with Crippen molar-refractivity contribution < 1.29 is 36.5 Å². The van der Waals surface area contributed by atoms with Gasteiger partial charge in [0, 0.05) is 10.8 Å². The van der Waals surface area contributed by atoms with Crippen molar-refractivity contribution in [1.29, 1.82) is 0 Å². The molecule has 2 aromatic rings. The van der Waals surface area contributed by atoms with Crippen LogP contribution >= 0.6 is 0 Å². The van der Waals surface area contributed by atoms with Crippen LogP contribution in [0.3, 0.4) is 0 Å². The molecule has 0 radical (unpaired) electrons. The lowest BCUT2D eigenvalue weighted by Gasteiger charge is -2.04. The van der Waals surface area contributed by atoms with Crippen LogP contribution in [-0.4, -0.2) is 46.4 Å². The van der Waals surface area contributed by atoms with E-state index in [1.165, 1.54) is 62.8 Å². The molecule has 0 saturated heterocycles. The average Bonchev–Trinajstić information content (AvgIpc) is 2.66. The van der Waals surface area contributed by atoms with Gasteiger partial charge in [-0.2, -0.15) is 0 Å². The van der Waals surface area contributed by atoms with Gasteiger partial charge in [0.25, 0.3) is 0 Å². The smallest absolute Gasteiger partial charge is 0.186 e. The zero-order chi connectivity index (χ0) is 21.7. The number of sulfone groups is 2. The topological polar surface area (TPSA) is 127 Å². The Hall–Kier alpha value is -2.98. The molecule has 0 amide bonds. The van der Waals surface area contributed by atoms with Crippen LogP contribution in [0.4, 0.5) is 0 Å². The minimum atomic E-state index is -4.08. The molecule has 0 aliphatic heterocycles. The summed E-state index contributed by atoms with van der Waals surface area (Å²) in [5, 5.41) is 19.5. The van der Waals surface area contributed by atoms with E-state index in [1.54, 1.807) is 0 Å². The first kappa shape index (κ1) is 22.3. The summed E-state index contributed by atoms with van der Waals surface area (Å²) in [6.07, 6.45) is 2.42. The molecule has 156 valence electrons. The van der Waals surface area contributed by atoms with E-state index < -0.39 is 24.8 Å². The molecule has 0 unspecified atom stereocenters. The summed E-state index contributed by atoms with van der Waals surface area (Å²) in [5.74, 6) is 0.103. The summed E-state index contributed by atoms with van der Waals surface area (Å²) in [6.45, 7) is 0. The Morgan fingerprint density at radius 3 is 1.48 bits per heavy atom. The maximum Gasteiger partial charge on any atom is 0.186 e. The quantitative estimate of drug-likeness (QED) is 0.641. The molecule has 29 heavy (non-hydrogen) atoms. The Bertz CT molecular complexity index is 1060. The first-order chi connectivity index (χ1) is 13.5. The van der Waals surface area contributed by atoms with Crippen LogP contribution in [0.2, 0.25) is 0 Å². The summed E-state index contributed by atoms with van der Waals surface area (Å²) < 4.78 is 58.5. The molecule has 2 rings (SSSR count). The summed E-state index contributed by atoms with van der Waals surface area (Å²) in [4.78, 5) is 0. The number of phenols is 2. The predicted molar refractivity (Wildman–Crippen MR) is 110 cm³/mol. The number of phenolic OH excluding ortho intramolecular Hbond substituents is 2. The maximum absolute atomic E-state index is 12.2. The number of rotatable bonds is 8. The lowest BCUT2D eigenvalue weighted by Crippen LogP contribution is -2.11. The van der Waals surface area contributed by atoms with Crippen LogP contribution in [-0.2, 0) is 19.7 Å². The van der Waals surface area contributed by atoms with E-state index in [0.29, 0.717) is 11.1 Å². The summed E-state index contributed by atoms with van der Waals surface area (Å²) in [7, 11) is -5.46. The Morgan fingerprint density at radius 1 is 0.759 bits per heavy atom. The standard InChI is InChI=1S/C19H20O8S2/c1-26-18-11-14(3-5-16(18)20)7-9-28(22,23)13-29(24,25)10-8-15-4-6-17(21)19(12-15)27-2/h3-12,20-21H,13H2,1-2H3. The molecule has 0 atom stereocenters. The predicted octanol–water partition coefficient (Wildman–Crippen LogP) is 2.54. The molecule has 0 spiro atoms. The third-order valence-electron chi connectivity index (χ3n) is 3.67. The van der Waals surface area contributed by atoms with Crippen molar-refractivity contribution in [2.75, 3.05) is 19.3 Å². The van der Waals surface area contributed by atoms with Gasteiger partial charge in [-0.05, 0) is 47.5 Å². The Kier molecular flexibility index (Phi) is 6.93. The monoisotopic (exact) mass is 440 g/mol. The van der Waals surface area contributed by atoms with Crippen molar-refractivity contribution in [3.63, 3.8) is 0 Å². The van der Waals surface area contributed by atoms with Gasteiger partial charge < -0.3 is 19.7 Å². The SMILES string of the molecule is COc1cc(C=CS(=O)(=O)CS(=O)(=O)C=Cc2ccc(O)c(OC)c2)ccc1O. The van der Waals surface area contributed by atoms with Crippen LogP contribution in [0, 0.1) is 0 Å². The zero-order valence-electron chi connectivity index (χ0n) is 15.6. The fourth-order valence-electron chi connectivity index (χ4n) is 2.27. The van der Waals surface area contributed by atoms with Crippen molar-refractivity contribution in [1.82, 2.24) is 0 Å². The highest BCUT2D eigenvalue weighted by atomic mass is 32.3. The number of benzene rings is 2. The largest absolute Gasteiger partial charge is 0.504 e. The molecule has 0 saturated carbocycles. The van der Waals surface area contributed by atoms with Crippen molar-refractivity contribution >= 4 is 31.8 Å². The van der Waals surface area contributed by atoms with E-state index in [2.05, 4.69) is 0 Å². The third kappa shape index (κ3) is 6.54. The summed E-state index contributed by atoms with van der Waals surface area (Å²) in [5.41, 5.74) is 0.819. The third-order valence-corrected chi connectivity index (χ3v) is 7.40. The normalized spacial score (nSPS) is 12.5. The first-order valence-corrected chi connectivity index (χ1v) is 11.5. The van der Waals surface area contributed by atoms with E-state index >= 15 is 0 Å². The second kappa shape index (κ2) is 9.01. The Labute approximate surface area is 169 Å². The second-order valence-corrected chi connectivity index (χ2v) is 10.1. The molecular weight excluding hydrogens is 420 g/mol. The molecule has 2 aromatic carbocycles. The molecule has 2 N–H and O–H groups in total. The van der Waals surface area contributed by atoms with Gasteiger partial charge in [0.15, 0.2) is 47.8 Å². The second-order valence-electron chi connectivity index (χ2n) is 5.91. The summed E-state index contributed by atoms with van der Waals surface area (Å²) in [6, 6.07) is 8.39. The molecule has 10 heteroatoms. The zero-order valence-corrected chi connectivity index (χ0v) is 17.3. The van der Waals surface area contributed by atoms with Gasteiger partial charge in [0.2, 0.25) is 0 Å². The molecular formula is C19H20O8S2. The maximum atomic E-state index is 12.2. The molecule has 0 bridgehead atoms. The van der Waals surface area contributed by atoms with E-state index in [0.717, 1.165) is 10.8 Å². The highest BCUT2D eigenvalue weighted by Crippen LogP contribution is 2.28. The molecule has 0 aromatic heterocycles.